The molecule has 0 radical (unpaired) electrons. The van der Waals surface area contributed by atoms with Gasteiger partial charge in [-0.1, -0.05) is 37.1 Å². The molecule has 1 aromatic heterocycles. The van der Waals surface area contributed by atoms with Crippen molar-refractivity contribution in [2.45, 2.75) is 19.8 Å². The summed E-state index contributed by atoms with van der Waals surface area (Å²) in [7, 11) is 0. The van der Waals surface area contributed by atoms with Gasteiger partial charge in [-0.05, 0) is 42.4 Å². The third-order valence-corrected chi connectivity index (χ3v) is 4.89. The van der Waals surface area contributed by atoms with Crippen LogP contribution in [0.5, 0.6) is 0 Å². The van der Waals surface area contributed by atoms with Gasteiger partial charge in [-0.25, -0.2) is 0 Å². The summed E-state index contributed by atoms with van der Waals surface area (Å²) in [6.07, 6.45) is 3.35. The van der Waals surface area contributed by atoms with Crippen LogP contribution in [0.25, 0.3) is 17.4 Å². The lowest BCUT2D eigenvalue weighted by molar-refractivity contribution is -0.122. The van der Waals surface area contributed by atoms with Crippen molar-refractivity contribution in [2.75, 3.05) is 6.54 Å². The van der Waals surface area contributed by atoms with Gasteiger partial charge in [-0.15, -0.1) is 0 Å². The molecule has 1 fully saturated rings. The number of hydrogen-bond donors (Lipinski definition) is 0. The number of imide groups is 1. The molecule has 0 aliphatic carbocycles. The lowest BCUT2D eigenvalue weighted by Gasteiger charge is -2.10. The second kappa shape index (κ2) is 7.28. The first-order valence-corrected chi connectivity index (χ1v) is 8.89. The number of furan rings is 1. The number of rotatable bonds is 5. The second-order valence-electron chi connectivity index (χ2n) is 5.37. The number of hydrogen-bond acceptors (Lipinski definition) is 4. The molecule has 2 amide bonds. The Bertz CT molecular complexity index is 812. The molecule has 4 nitrogen and oxygen atoms in total. The number of nitrogens with zero attached hydrogens (tertiary/aromatic N) is 1. The Kier molecular flexibility index (Phi) is 5.11. The molecule has 1 aliphatic heterocycles. The first-order chi connectivity index (χ1) is 11.6. The van der Waals surface area contributed by atoms with E-state index in [-0.39, 0.29) is 11.1 Å². The van der Waals surface area contributed by atoms with Gasteiger partial charge in [-0.2, -0.15) is 0 Å². The molecule has 1 aliphatic rings. The van der Waals surface area contributed by atoms with Crippen LogP contribution < -0.4 is 0 Å². The van der Waals surface area contributed by atoms with E-state index >= 15 is 0 Å². The van der Waals surface area contributed by atoms with Crippen molar-refractivity contribution in [3.8, 4) is 11.3 Å². The summed E-state index contributed by atoms with van der Waals surface area (Å²) >= 11 is 7.11. The highest BCUT2D eigenvalue weighted by Crippen LogP contribution is 2.34. The third kappa shape index (κ3) is 3.42. The number of unbranched alkanes of at least 4 members (excludes halogenated alkanes) is 1. The van der Waals surface area contributed by atoms with Crippen molar-refractivity contribution in [3.05, 3.63) is 52.1 Å². The number of thioether (sulfide) groups is 1. The standard InChI is InChI=1S/C18H16ClNO3S/c1-2-3-10-20-17(21)16(24-18(20)22)11-12-8-9-15(23-12)13-6-4-5-7-14(13)19/h4-9,11H,2-3,10H2,1H3/b16-11+. The van der Waals surface area contributed by atoms with Gasteiger partial charge in [0.05, 0.1) is 9.93 Å². The third-order valence-electron chi connectivity index (χ3n) is 3.65. The van der Waals surface area contributed by atoms with Crippen molar-refractivity contribution in [1.82, 2.24) is 4.90 Å². The molecule has 0 atom stereocenters. The molecule has 6 heteroatoms. The zero-order valence-corrected chi connectivity index (χ0v) is 14.7. The van der Waals surface area contributed by atoms with Crippen LogP contribution in [-0.2, 0) is 4.79 Å². The Balaban J connectivity index is 1.82. The van der Waals surface area contributed by atoms with Gasteiger partial charge in [-0.3, -0.25) is 14.5 Å². The average molecular weight is 362 g/mol. The lowest BCUT2D eigenvalue weighted by atomic mass is 10.2. The highest BCUT2D eigenvalue weighted by molar-refractivity contribution is 8.18. The first kappa shape index (κ1) is 16.9. The van der Waals surface area contributed by atoms with E-state index in [1.165, 1.54) is 4.90 Å². The molecule has 2 heterocycles. The lowest BCUT2D eigenvalue weighted by Crippen LogP contribution is -2.29. The molecule has 2 aromatic rings. The smallest absolute Gasteiger partial charge is 0.293 e. The maximum atomic E-state index is 12.3. The number of benzene rings is 1. The van der Waals surface area contributed by atoms with Crippen LogP contribution in [0.2, 0.25) is 5.02 Å². The van der Waals surface area contributed by atoms with E-state index in [0.29, 0.717) is 28.0 Å². The monoisotopic (exact) mass is 361 g/mol. The molecule has 1 saturated heterocycles. The zero-order chi connectivity index (χ0) is 17.1. The van der Waals surface area contributed by atoms with E-state index in [0.717, 1.165) is 30.2 Å². The summed E-state index contributed by atoms with van der Waals surface area (Å²) in [5.41, 5.74) is 0.787. The molecule has 0 bridgehead atoms. The van der Waals surface area contributed by atoms with Crippen LogP contribution in [0.1, 0.15) is 25.5 Å². The van der Waals surface area contributed by atoms with Crippen molar-refractivity contribution < 1.29 is 14.0 Å². The molecular formula is C18H16ClNO3S. The molecule has 0 spiro atoms. The van der Waals surface area contributed by atoms with Gasteiger partial charge < -0.3 is 4.42 Å². The van der Waals surface area contributed by atoms with Gasteiger partial charge in [0.1, 0.15) is 11.5 Å². The molecule has 1 aromatic carbocycles. The highest BCUT2D eigenvalue weighted by Gasteiger charge is 2.34. The van der Waals surface area contributed by atoms with E-state index < -0.39 is 0 Å². The van der Waals surface area contributed by atoms with Gasteiger partial charge in [0.15, 0.2) is 0 Å². The molecule has 0 saturated carbocycles. The zero-order valence-electron chi connectivity index (χ0n) is 13.1. The van der Waals surface area contributed by atoms with Crippen LogP contribution in [0.4, 0.5) is 4.79 Å². The first-order valence-electron chi connectivity index (χ1n) is 7.70. The topological polar surface area (TPSA) is 50.5 Å². The van der Waals surface area contributed by atoms with Gasteiger partial charge >= 0.3 is 0 Å². The quantitative estimate of drug-likeness (QED) is 0.665. The fourth-order valence-corrected chi connectivity index (χ4v) is 3.45. The maximum Gasteiger partial charge on any atom is 0.293 e. The van der Waals surface area contributed by atoms with E-state index in [9.17, 15) is 9.59 Å². The summed E-state index contributed by atoms with van der Waals surface area (Å²) in [6.45, 7) is 2.48. The van der Waals surface area contributed by atoms with Crippen LogP contribution in [0, 0.1) is 0 Å². The number of carbonyl (C=O) groups is 2. The average Bonchev–Trinajstić information content (AvgIpc) is 3.12. The Labute approximate surface area is 149 Å². The minimum absolute atomic E-state index is 0.224. The van der Waals surface area contributed by atoms with E-state index in [1.54, 1.807) is 24.3 Å². The van der Waals surface area contributed by atoms with Crippen molar-refractivity contribution >= 4 is 40.6 Å². The molecule has 24 heavy (non-hydrogen) atoms. The fraction of sp³-hybridized carbons (Fsp3) is 0.222. The maximum absolute atomic E-state index is 12.3. The van der Waals surface area contributed by atoms with Crippen molar-refractivity contribution in [1.29, 1.82) is 0 Å². The van der Waals surface area contributed by atoms with Gasteiger partial charge in [0.2, 0.25) is 0 Å². The van der Waals surface area contributed by atoms with Crippen molar-refractivity contribution in [3.63, 3.8) is 0 Å². The van der Waals surface area contributed by atoms with E-state index in [4.69, 9.17) is 16.0 Å². The largest absolute Gasteiger partial charge is 0.457 e. The second-order valence-corrected chi connectivity index (χ2v) is 6.77. The van der Waals surface area contributed by atoms with Gasteiger partial charge in [0, 0.05) is 18.2 Å². The number of amides is 2. The Morgan fingerprint density at radius 2 is 2.00 bits per heavy atom. The van der Waals surface area contributed by atoms with Crippen LogP contribution in [-0.4, -0.2) is 22.6 Å². The summed E-state index contributed by atoms with van der Waals surface area (Å²) in [5.74, 6) is 0.886. The van der Waals surface area contributed by atoms with Crippen LogP contribution >= 0.6 is 23.4 Å². The fourth-order valence-electron chi connectivity index (χ4n) is 2.37. The molecule has 0 N–H and O–H groups in total. The summed E-state index contributed by atoms with van der Waals surface area (Å²) in [5, 5.41) is 0.371. The minimum Gasteiger partial charge on any atom is -0.457 e. The number of halogens is 1. The molecule has 3 rings (SSSR count). The predicted octanol–water partition coefficient (Wildman–Crippen LogP) is 5.44. The Morgan fingerprint density at radius 3 is 2.75 bits per heavy atom. The summed E-state index contributed by atoms with van der Waals surface area (Å²) < 4.78 is 5.76. The predicted molar refractivity (Wildman–Crippen MR) is 96.7 cm³/mol. The minimum atomic E-state index is -0.255. The molecule has 124 valence electrons. The highest BCUT2D eigenvalue weighted by atomic mass is 35.5. The normalized spacial score (nSPS) is 16.4. The van der Waals surface area contributed by atoms with E-state index in [1.807, 2.05) is 25.1 Å². The van der Waals surface area contributed by atoms with Crippen LogP contribution in [0.15, 0.2) is 45.7 Å². The van der Waals surface area contributed by atoms with Crippen molar-refractivity contribution in [2.24, 2.45) is 0 Å². The SMILES string of the molecule is CCCCN1C(=O)S/C(=C/c2ccc(-c3ccccc3Cl)o2)C1=O. The summed E-state index contributed by atoms with van der Waals surface area (Å²) in [6, 6.07) is 10.9. The molecular weight excluding hydrogens is 346 g/mol. The Morgan fingerprint density at radius 1 is 1.21 bits per heavy atom. The Hall–Kier alpha value is -1.98. The van der Waals surface area contributed by atoms with Crippen LogP contribution in [0.3, 0.4) is 0 Å². The van der Waals surface area contributed by atoms with E-state index in [2.05, 4.69) is 0 Å². The molecule has 0 unspecified atom stereocenters. The summed E-state index contributed by atoms with van der Waals surface area (Å²) in [4.78, 5) is 25.9. The van der Waals surface area contributed by atoms with Gasteiger partial charge in [0.25, 0.3) is 11.1 Å². The number of carbonyl (C=O) groups excluding carboxylic acids is 2.